The first-order chi connectivity index (χ1) is 7.62. The molecule has 1 rings (SSSR count). The van der Waals surface area contributed by atoms with Gasteiger partial charge in [-0.3, -0.25) is 0 Å². The van der Waals surface area contributed by atoms with Crippen molar-refractivity contribution in [2.45, 2.75) is 38.3 Å². The van der Waals surface area contributed by atoms with Gasteiger partial charge in [-0.25, -0.2) is 0 Å². The molecule has 2 nitrogen and oxygen atoms in total. The number of likely N-dealkylation sites (N-methyl/N-ethyl adjacent to an activating group) is 2. The third-order valence-electron chi connectivity index (χ3n) is 3.82. The Hall–Kier alpha value is -0.380. The second-order valence-corrected chi connectivity index (χ2v) is 5.26. The van der Waals surface area contributed by atoms with Gasteiger partial charge in [-0.1, -0.05) is 13.8 Å². The fourth-order valence-corrected chi connectivity index (χ4v) is 3.42. The highest BCUT2D eigenvalue weighted by Crippen LogP contribution is 2.36. The van der Waals surface area contributed by atoms with E-state index in [9.17, 15) is 0 Å². The van der Waals surface area contributed by atoms with Gasteiger partial charge in [-0.2, -0.15) is 11.3 Å². The van der Waals surface area contributed by atoms with E-state index in [1.807, 2.05) is 0 Å². The summed E-state index contributed by atoms with van der Waals surface area (Å²) < 4.78 is 0. The van der Waals surface area contributed by atoms with E-state index in [-0.39, 0.29) is 5.54 Å². The van der Waals surface area contributed by atoms with Crippen LogP contribution in [0.15, 0.2) is 16.8 Å². The normalized spacial score (nSPS) is 14.4. The van der Waals surface area contributed by atoms with E-state index in [4.69, 9.17) is 0 Å². The Kier molecular flexibility index (Phi) is 4.96. The molecule has 1 atom stereocenters. The Balaban J connectivity index is 3.08. The average molecular weight is 240 g/mol. The molecule has 0 radical (unpaired) electrons. The zero-order chi connectivity index (χ0) is 12.2. The molecule has 1 heterocycles. The van der Waals surface area contributed by atoms with Crippen LogP contribution in [-0.4, -0.2) is 31.6 Å². The van der Waals surface area contributed by atoms with Gasteiger partial charge in [-0.05, 0) is 56.4 Å². The number of hydrogen-bond acceptors (Lipinski definition) is 3. The van der Waals surface area contributed by atoms with Crippen LogP contribution in [0.4, 0.5) is 0 Å². The first-order valence-corrected chi connectivity index (χ1v) is 6.93. The molecule has 1 N–H and O–H groups in total. The molecule has 1 unspecified atom stereocenters. The summed E-state index contributed by atoms with van der Waals surface area (Å²) in [7, 11) is 6.43. The molecule has 92 valence electrons. The largest absolute Gasteiger partial charge is 0.311 e. The lowest BCUT2D eigenvalue weighted by Gasteiger charge is -2.45. The Bertz CT molecular complexity index is 289. The number of hydrogen-bond donors (Lipinski definition) is 1. The molecule has 3 heteroatoms. The predicted octanol–water partition coefficient (Wildman–Crippen LogP) is 3.13. The van der Waals surface area contributed by atoms with Crippen LogP contribution >= 0.6 is 11.3 Å². The topological polar surface area (TPSA) is 15.3 Å². The maximum Gasteiger partial charge on any atom is 0.0512 e. The van der Waals surface area contributed by atoms with E-state index in [0.717, 1.165) is 12.8 Å². The van der Waals surface area contributed by atoms with Crippen LogP contribution in [0, 0.1) is 0 Å². The van der Waals surface area contributed by atoms with Gasteiger partial charge in [0.15, 0.2) is 0 Å². The quantitative estimate of drug-likeness (QED) is 0.822. The standard InChI is InChI=1S/C13H24N2S/c1-6-13(7-2,15(4)5)12(14-3)11-8-9-16-10-11/h8-10,12,14H,6-7H2,1-5H3. The third-order valence-corrected chi connectivity index (χ3v) is 4.52. The van der Waals surface area contributed by atoms with Crippen molar-refractivity contribution in [3.05, 3.63) is 22.4 Å². The number of nitrogens with zero attached hydrogens (tertiary/aromatic N) is 1. The summed E-state index contributed by atoms with van der Waals surface area (Å²) in [4.78, 5) is 2.37. The zero-order valence-electron chi connectivity index (χ0n) is 11.1. The van der Waals surface area contributed by atoms with Gasteiger partial charge in [0.1, 0.15) is 0 Å². The molecule has 16 heavy (non-hydrogen) atoms. The Morgan fingerprint density at radius 3 is 2.31 bits per heavy atom. The van der Waals surface area contributed by atoms with E-state index in [2.05, 4.69) is 62.0 Å². The van der Waals surface area contributed by atoms with Crippen LogP contribution in [0.5, 0.6) is 0 Å². The molecule has 0 bridgehead atoms. The highest BCUT2D eigenvalue weighted by atomic mass is 32.1. The fourth-order valence-electron chi connectivity index (χ4n) is 2.73. The molecule has 1 aromatic heterocycles. The van der Waals surface area contributed by atoms with Gasteiger partial charge in [0, 0.05) is 5.54 Å². The van der Waals surface area contributed by atoms with Crippen LogP contribution in [0.2, 0.25) is 0 Å². The fraction of sp³-hybridized carbons (Fsp3) is 0.692. The van der Waals surface area contributed by atoms with Crippen molar-refractivity contribution in [3.8, 4) is 0 Å². The molecule has 0 saturated heterocycles. The molecule has 0 amide bonds. The van der Waals surface area contributed by atoms with E-state index in [1.54, 1.807) is 11.3 Å². The van der Waals surface area contributed by atoms with E-state index >= 15 is 0 Å². The lowest BCUT2D eigenvalue weighted by atomic mass is 9.80. The molecule has 0 aliphatic carbocycles. The summed E-state index contributed by atoms with van der Waals surface area (Å²) in [6.07, 6.45) is 2.30. The molecule has 0 saturated carbocycles. The highest BCUT2D eigenvalue weighted by molar-refractivity contribution is 7.07. The maximum atomic E-state index is 3.49. The maximum absolute atomic E-state index is 3.49. The van der Waals surface area contributed by atoms with Gasteiger partial charge in [0.05, 0.1) is 6.04 Å². The van der Waals surface area contributed by atoms with E-state index in [0.29, 0.717) is 6.04 Å². The Morgan fingerprint density at radius 1 is 1.38 bits per heavy atom. The molecule has 0 aliphatic heterocycles. The van der Waals surface area contributed by atoms with Crippen molar-refractivity contribution in [2.75, 3.05) is 21.1 Å². The van der Waals surface area contributed by atoms with Crippen molar-refractivity contribution in [1.82, 2.24) is 10.2 Å². The average Bonchev–Trinajstić information content (AvgIpc) is 2.78. The van der Waals surface area contributed by atoms with Crippen molar-refractivity contribution < 1.29 is 0 Å². The van der Waals surface area contributed by atoms with Crippen LogP contribution in [0.1, 0.15) is 38.3 Å². The molecule has 0 aliphatic rings. The lowest BCUT2D eigenvalue weighted by Crippen LogP contribution is -2.52. The third kappa shape index (κ3) is 2.31. The van der Waals surface area contributed by atoms with Crippen molar-refractivity contribution in [1.29, 1.82) is 0 Å². The van der Waals surface area contributed by atoms with Crippen LogP contribution < -0.4 is 5.32 Å². The van der Waals surface area contributed by atoms with Gasteiger partial charge in [0.2, 0.25) is 0 Å². The minimum absolute atomic E-state index is 0.204. The zero-order valence-corrected chi connectivity index (χ0v) is 11.9. The second kappa shape index (κ2) is 5.80. The van der Waals surface area contributed by atoms with E-state index in [1.165, 1.54) is 5.56 Å². The van der Waals surface area contributed by atoms with E-state index < -0.39 is 0 Å². The molecular weight excluding hydrogens is 216 g/mol. The highest BCUT2D eigenvalue weighted by Gasteiger charge is 2.37. The second-order valence-electron chi connectivity index (χ2n) is 4.48. The lowest BCUT2D eigenvalue weighted by molar-refractivity contribution is 0.0920. The SMILES string of the molecule is CCC(CC)(C(NC)c1ccsc1)N(C)C. The van der Waals surface area contributed by atoms with Crippen LogP contribution in [-0.2, 0) is 0 Å². The molecular formula is C13H24N2S. The monoisotopic (exact) mass is 240 g/mol. The summed E-state index contributed by atoms with van der Waals surface area (Å²) in [6.45, 7) is 4.56. The number of rotatable bonds is 6. The van der Waals surface area contributed by atoms with Gasteiger partial charge < -0.3 is 10.2 Å². The Labute approximate surface area is 104 Å². The summed E-state index contributed by atoms with van der Waals surface area (Å²) >= 11 is 1.77. The smallest absolute Gasteiger partial charge is 0.0512 e. The van der Waals surface area contributed by atoms with Gasteiger partial charge >= 0.3 is 0 Å². The predicted molar refractivity (Wildman–Crippen MR) is 73.1 cm³/mol. The molecule has 0 fully saturated rings. The minimum Gasteiger partial charge on any atom is -0.311 e. The van der Waals surface area contributed by atoms with Crippen LogP contribution in [0.25, 0.3) is 0 Å². The summed E-state index contributed by atoms with van der Waals surface area (Å²) in [5.74, 6) is 0. The summed E-state index contributed by atoms with van der Waals surface area (Å²) in [5, 5.41) is 7.91. The number of thiophene rings is 1. The van der Waals surface area contributed by atoms with Gasteiger partial charge in [0.25, 0.3) is 0 Å². The minimum atomic E-state index is 0.204. The molecule has 1 aromatic rings. The van der Waals surface area contributed by atoms with Crippen LogP contribution in [0.3, 0.4) is 0 Å². The molecule has 0 spiro atoms. The first kappa shape index (κ1) is 13.7. The summed E-state index contributed by atoms with van der Waals surface area (Å²) in [5.41, 5.74) is 1.61. The number of nitrogens with one attached hydrogen (secondary N) is 1. The Morgan fingerprint density at radius 2 is 2.00 bits per heavy atom. The first-order valence-electron chi connectivity index (χ1n) is 5.99. The van der Waals surface area contributed by atoms with Crippen molar-refractivity contribution in [2.24, 2.45) is 0 Å². The molecule has 0 aromatic carbocycles. The van der Waals surface area contributed by atoms with Crippen molar-refractivity contribution >= 4 is 11.3 Å². The van der Waals surface area contributed by atoms with Gasteiger partial charge in [-0.15, -0.1) is 0 Å². The summed E-state index contributed by atoms with van der Waals surface area (Å²) in [6, 6.07) is 2.64. The van der Waals surface area contributed by atoms with Crippen molar-refractivity contribution in [3.63, 3.8) is 0 Å².